The Morgan fingerprint density at radius 2 is 2.10 bits per heavy atom. The average molecular weight is 331 g/mol. The summed E-state index contributed by atoms with van der Waals surface area (Å²) in [6, 6.07) is 6.02. The molecular weight excluding hydrogens is 324 g/mol. The molecule has 0 aliphatic rings. The first-order valence-electron chi connectivity index (χ1n) is 5.18. The molecule has 0 amide bonds. The number of hydrogen-bond acceptors (Lipinski definition) is 7. The summed E-state index contributed by atoms with van der Waals surface area (Å²) in [5, 5.41) is 10.6. The standard InChI is InChI=1S/C11H7ClN2O4S2/c1-18-10(15)8-9(12)13-11(20-8)19-7-4-2-6(3-5-7)14(16)17/h2-5H,1H3. The first-order valence-corrected chi connectivity index (χ1v) is 7.19. The Kier molecular flexibility index (Phi) is 4.58. The zero-order valence-corrected chi connectivity index (χ0v) is 12.4. The van der Waals surface area contributed by atoms with Crippen molar-refractivity contribution in [3.63, 3.8) is 0 Å². The first-order chi connectivity index (χ1) is 9.51. The molecule has 9 heteroatoms. The van der Waals surface area contributed by atoms with Gasteiger partial charge in [-0.3, -0.25) is 10.1 Å². The molecule has 20 heavy (non-hydrogen) atoms. The van der Waals surface area contributed by atoms with Crippen molar-refractivity contribution in [1.29, 1.82) is 0 Å². The Labute approximate surface area is 126 Å². The SMILES string of the molecule is COC(=O)c1sc(Sc2ccc([N+](=O)[O-])cc2)nc1Cl. The topological polar surface area (TPSA) is 82.3 Å². The van der Waals surface area contributed by atoms with E-state index in [0.717, 1.165) is 16.2 Å². The molecule has 2 aromatic rings. The van der Waals surface area contributed by atoms with Gasteiger partial charge in [-0.25, -0.2) is 9.78 Å². The number of non-ortho nitro benzene ring substituents is 1. The van der Waals surface area contributed by atoms with E-state index in [1.54, 1.807) is 12.1 Å². The van der Waals surface area contributed by atoms with Crippen molar-refractivity contribution in [2.45, 2.75) is 9.24 Å². The molecule has 2 rings (SSSR count). The van der Waals surface area contributed by atoms with Gasteiger partial charge in [-0.1, -0.05) is 34.7 Å². The lowest BCUT2D eigenvalue weighted by atomic mass is 10.3. The van der Waals surface area contributed by atoms with Crippen molar-refractivity contribution in [3.8, 4) is 0 Å². The number of carbonyl (C=O) groups is 1. The van der Waals surface area contributed by atoms with Crippen LogP contribution in [0.25, 0.3) is 0 Å². The highest BCUT2D eigenvalue weighted by molar-refractivity contribution is 8.01. The highest BCUT2D eigenvalue weighted by atomic mass is 35.5. The predicted molar refractivity (Wildman–Crippen MR) is 75.7 cm³/mol. The van der Waals surface area contributed by atoms with Crippen LogP contribution in [0.5, 0.6) is 0 Å². The van der Waals surface area contributed by atoms with Crippen LogP contribution in [0.15, 0.2) is 33.5 Å². The molecule has 0 N–H and O–H groups in total. The Balaban J connectivity index is 2.18. The number of rotatable bonds is 4. The third-order valence-electron chi connectivity index (χ3n) is 2.19. The normalized spacial score (nSPS) is 10.3. The zero-order valence-electron chi connectivity index (χ0n) is 10.0. The zero-order chi connectivity index (χ0) is 14.7. The van der Waals surface area contributed by atoms with Crippen LogP contribution in [0, 0.1) is 10.1 Å². The minimum atomic E-state index is -0.539. The second kappa shape index (κ2) is 6.21. The lowest BCUT2D eigenvalue weighted by Crippen LogP contribution is -1.98. The summed E-state index contributed by atoms with van der Waals surface area (Å²) < 4.78 is 5.15. The lowest BCUT2D eigenvalue weighted by Gasteiger charge is -1.96. The van der Waals surface area contributed by atoms with Gasteiger partial charge in [-0.2, -0.15) is 0 Å². The van der Waals surface area contributed by atoms with Gasteiger partial charge in [0.2, 0.25) is 0 Å². The third-order valence-corrected chi connectivity index (χ3v) is 4.68. The number of nitro groups is 1. The van der Waals surface area contributed by atoms with Gasteiger partial charge in [0, 0.05) is 17.0 Å². The molecule has 6 nitrogen and oxygen atoms in total. The second-order valence-corrected chi connectivity index (χ2v) is 6.12. The average Bonchev–Trinajstić information content (AvgIpc) is 2.79. The van der Waals surface area contributed by atoms with Gasteiger partial charge in [0.25, 0.3) is 5.69 Å². The molecular formula is C11H7ClN2O4S2. The van der Waals surface area contributed by atoms with Gasteiger partial charge in [0.15, 0.2) is 14.4 Å². The van der Waals surface area contributed by atoms with Crippen molar-refractivity contribution in [2.75, 3.05) is 7.11 Å². The van der Waals surface area contributed by atoms with Crippen LogP contribution in [0.2, 0.25) is 5.15 Å². The van der Waals surface area contributed by atoms with Crippen LogP contribution in [0.3, 0.4) is 0 Å². The highest BCUT2D eigenvalue weighted by Crippen LogP contribution is 2.35. The van der Waals surface area contributed by atoms with Gasteiger partial charge in [0.1, 0.15) is 0 Å². The summed E-state index contributed by atoms with van der Waals surface area (Å²) in [6.45, 7) is 0. The highest BCUT2D eigenvalue weighted by Gasteiger charge is 2.18. The largest absolute Gasteiger partial charge is 0.465 e. The summed E-state index contributed by atoms with van der Waals surface area (Å²) in [7, 11) is 1.27. The van der Waals surface area contributed by atoms with E-state index in [0.29, 0.717) is 4.34 Å². The number of carbonyl (C=O) groups excluding carboxylic acids is 1. The minimum absolute atomic E-state index is 0.0155. The smallest absolute Gasteiger partial charge is 0.351 e. The van der Waals surface area contributed by atoms with Crippen molar-refractivity contribution < 1.29 is 14.5 Å². The number of hydrogen-bond donors (Lipinski definition) is 0. The van der Waals surface area contributed by atoms with E-state index in [2.05, 4.69) is 9.72 Å². The number of thiazole rings is 1. The Hall–Kier alpha value is -1.64. The maximum Gasteiger partial charge on any atom is 0.351 e. The summed E-state index contributed by atoms with van der Waals surface area (Å²) >= 11 is 8.22. The molecule has 0 saturated carbocycles. The number of esters is 1. The van der Waals surface area contributed by atoms with Crippen molar-refractivity contribution >= 4 is 46.4 Å². The molecule has 0 bridgehead atoms. The Bertz CT molecular complexity index is 657. The number of nitro benzene ring substituents is 1. The van der Waals surface area contributed by atoms with Crippen LogP contribution in [0.4, 0.5) is 5.69 Å². The van der Waals surface area contributed by atoms with Crippen LogP contribution < -0.4 is 0 Å². The van der Waals surface area contributed by atoms with E-state index < -0.39 is 10.9 Å². The molecule has 1 aromatic heterocycles. The number of nitrogens with zero attached hydrogens (tertiary/aromatic N) is 2. The predicted octanol–water partition coefficient (Wildman–Crippen LogP) is 3.64. The van der Waals surface area contributed by atoms with Crippen molar-refractivity contribution in [2.24, 2.45) is 0 Å². The number of aromatic nitrogens is 1. The molecule has 0 unspecified atom stereocenters. The summed E-state index contributed by atoms with van der Waals surface area (Å²) in [4.78, 5) is 26.5. The molecule has 0 spiro atoms. The molecule has 0 atom stereocenters. The number of ether oxygens (including phenoxy) is 1. The van der Waals surface area contributed by atoms with Crippen molar-refractivity contribution in [3.05, 3.63) is 44.4 Å². The Morgan fingerprint density at radius 1 is 1.45 bits per heavy atom. The van der Waals surface area contributed by atoms with Gasteiger partial charge < -0.3 is 4.74 Å². The number of methoxy groups -OCH3 is 1. The fraction of sp³-hybridized carbons (Fsp3) is 0.0909. The molecule has 0 radical (unpaired) electrons. The maximum absolute atomic E-state index is 11.4. The van der Waals surface area contributed by atoms with Gasteiger partial charge in [-0.15, -0.1) is 0 Å². The van der Waals surface area contributed by atoms with E-state index in [4.69, 9.17) is 11.6 Å². The van der Waals surface area contributed by atoms with Crippen LogP contribution in [-0.2, 0) is 4.74 Å². The monoisotopic (exact) mass is 330 g/mol. The van der Waals surface area contributed by atoms with E-state index in [1.807, 2.05) is 0 Å². The molecule has 0 aliphatic carbocycles. The quantitative estimate of drug-likeness (QED) is 0.483. The third kappa shape index (κ3) is 3.27. The molecule has 0 fully saturated rings. The van der Waals surface area contributed by atoms with Gasteiger partial charge in [0.05, 0.1) is 12.0 Å². The molecule has 1 heterocycles. The maximum atomic E-state index is 11.4. The fourth-order valence-electron chi connectivity index (χ4n) is 1.28. The Morgan fingerprint density at radius 3 is 2.65 bits per heavy atom. The molecule has 0 saturated heterocycles. The molecule has 0 aliphatic heterocycles. The molecule has 104 valence electrons. The second-order valence-electron chi connectivity index (χ2n) is 3.44. The van der Waals surface area contributed by atoms with E-state index in [-0.39, 0.29) is 15.7 Å². The van der Waals surface area contributed by atoms with Crippen LogP contribution in [-0.4, -0.2) is 23.0 Å². The van der Waals surface area contributed by atoms with E-state index in [9.17, 15) is 14.9 Å². The van der Waals surface area contributed by atoms with E-state index in [1.165, 1.54) is 31.0 Å². The summed E-state index contributed by atoms with van der Waals surface area (Å²) in [5.74, 6) is -0.539. The lowest BCUT2D eigenvalue weighted by molar-refractivity contribution is -0.384. The van der Waals surface area contributed by atoms with Gasteiger partial charge in [-0.05, 0) is 12.1 Å². The van der Waals surface area contributed by atoms with E-state index >= 15 is 0 Å². The number of halogens is 1. The minimum Gasteiger partial charge on any atom is -0.465 e. The van der Waals surface area contributed by atoms with Gasteiger partial charge >= 0.3 is 5.97 Å². The van der Waals surface area contributed by atoms with Crippen LogP contribution >= 0.6 is 34.7 Å². The fourth-order valence-corrected chi connectivity index (χ4v) is 3.58. The van der Waals surface area contributed by atoms with Crippen molar-refractivity contribution in [1.82, 2.24) is 4.98 Å². The summed E-state index contributed by atoms with van der Waals surface area (Å²) in [5.41, 5.74) is 0.0155. The number of benzene rings is 1. The molecule has 1 aromatic carbocycles. The summed E-state index contributed by atoms with van der Waals surface area (Å²) in [6.07, 6.45) is 0. The first kappa shape index (κ1) is 14.8. The van der Waals surface area contributed by atoms with Crippen LogP contribution in [0.1, 0.15) is 9.67 Å².